The Balaban J connectivity index is 1.73. The third-order valence-corrected chi connectivity index (χ3v) is 6.06. The van der Waals surface area contributed by atoms with Crippen molar-refractivity contribution < 1.29 is 14.7 Å². The van der Waals surface area contributed by atoms with Crippen LogP contribution in [0.15, 0.2) is 66.7 Å². The summed E-state index contributed by atoms with van der Waals surface area (Å²) in [6.45, 7) is 4.28. The minimum Gasteiger partial charge on any atom is -0.390 e. The number of nitrogens with one attached hydrogen (secondary N) is 2. The normalized spacial score (nSPS) is 14.1. The molecule has 2 aromatic carbocycles. The first-order valence-corrected chi connectivity index (χ1v) is 12.1. The highest BCUT2D eigenvalue weighted by Crippen LogP contribution is 2.13. The van der Waals surface area contributed by atoms with Gasteiger partial charge in [-0.3, -0.25) is 25.7 Å². The number of carbonyl (C=O) groups is 2. The number of rotatable bonds is 13. The smallest absolute Gasteiger partial charge is 0.237 e. The van der Waals surface area contributed by atoms with Gasteiger partial charge in [0.2, 0.25) is 11.8 Å². The van der Waals surface area contributed by atoms with Gasteiger partial charge in [-0.05, 0) is 38.0 Å². The van der Waals surface area contributed by atoms with Gasteiger partial charge in [-0.2, -0.15) is 0 Å². The van der Waals surface area contributed by atoms with E-state index in [0.717, 1.165) is 22.2 Å². The third-order valence-electron chi connectivity index (χ3n) is 6.06. The highest BCUT2D eigenvalue weighted by molar-refractivity contribution is 5.88. The highest BCUT2D eigenvalue weighted by Gasteiger charge is 2.28. The highest BCUT2D eigenvalue weighted by atomic mass is 16.3. The summed E-state index contributed by atoms with van der Waals surface area (Å²) < 4.78 is 0. The number of aliphatic hydroxyl groups is 1. The first-order valence-electron chi connectivity index (χ1n) is 12.1. The zero-order chi connectivity index (χ0) is 26.1. The van der Waals surface area contributed by atoms with Crippen molar-refractivity contribution in [3.05, 3.63) is 78.0 Å². The molecule has 3 rings (SSSR count). The largest absolute Gasteiger partial charge is 0.390 e. The van der Waals surface area contributed by atoms with Crippen LogP contribution in [0.2, 0.25) is 0 Å². The van der Waals surface area contributed by atoms with Gasteiger partial charge in [0.15, 0.2) is 0 Å². The average molecular weight is 493 g/mol. The second-order valence-corrected chi connectivity index (χ2v) is 9.26. The monoisotopic (exact) mass is 492 g/mol. The molecule has 0 aliphatic heterocycles. The fourth-order valence-corrected chi connectivity index (χ4v) is 3.88. The Labute approximate surface area is 211 Å². The van der Waals surface area contributed by atoms with Crippen LogP contribution in [0.5, 0.6) is 0 Å². The predicted octanol–water partition coefficient (Wildman–Crippen LogP) is 1.24. The minimum atomic E-state index is -0.932. The van der Waals surface area contributed by atoms with E-state index >= 15 is 0 Å². The maximum absolute atomic E-state index is 13.3. The van der Waals surface area contributed by atoms with Crippen molar-refractivity contribution in [1.82, 2.24) is 20.6 Å². The SMILES string of the molecule is CC(C)N(N)C[C@@H](O)[C@H](Cc1ccccc1)NC(=O)[C@H](CC(N)=O)NCc1ccc2ccccc2n1. The lowest BCUT2D eigenvalue weighted by Gasteiger charge is -2.30. The molecular weight excluding hydrogens is 456 g/mol. The number of hydrogen-bond donors (Lipinski definition) is 5. The Bertz CT molecular complexity index is 1140. The molecule has 9 nitrogen and oxygen atoms in total. The van der Waals surface area contributed by atoms with Crippen molar-refractivity contribution in [1.29, 1.82) is 0 Å². The molecule has 7 N–H and O–H groups in total. The lowest BCUT2D eigenvalue weighted by atomic mass is 10.00. The van der Waals surface area contributed by atoms with E-state index in [4.69, 9.17) is 11.6 Å². The molecule has 0 fully saturated rings. The summed E-state index contributed by atoms with van der Waals surface area (Å²) in [5.74, 6) is 5.00. The molecular formula is C27H36N6O3. The van der Waals surface area contributed by atoms with Crippen LogP contribution in [-0.4, -0.2) is 57.7 Å². The van der Waals surface area contributed by atoms with E-state index in [1.165, 1.54) is 5.01 Å². The molecule has 3 atom stereocenters. The topological polar surface area (TPSA) is 147 Å². The van der Waals surface area contributed by atoms with Crippen LogP contribution in [0.4, 0.5) is 0 Å². The summed E-state index contributed by atoms with van der Waals surface area (Å²) in [5, 5.41) is 19.5. The summed E-state index contributed by atoms with van der Waals surface area (Å²) in [6, 6.07) is 19.7. The van der Waals surface area contributed by atoms with Gasteiger partial charge in [0.05, 0.1) is 35.8 Å². The van der Waals surface area contributed by atoms with Crippen molar-refractivity contribution >= 4 is 22.7 Å². The molecule has 0 radical (unpaired) electrons. The van der Waals surface area contributed by atoms with Crippen LogP contribution < -0.4 is 22.2 Å². The van der Waals surface area contributed by atoms with Crippen LogP contribution in [0.1, 0.15) is 31.5 Å². The number of para-hydroxylation sites is 1. The Kier molecular flexibility index (Phi) is 9.89. The summed E-state index contributed by atoms with van der Waals surface area (Å²) in [4.78, 5) is 29.6. The maximum Gasteiger partial charge on any atom is 0.237 e. The Morgan fingerprint density at radius 2 is 1.72 bits per heavy atom. The number of benzene rings is 2. The van der Waals surface area contributed by atoms with E-state index in [9.17, 15) is 14.7 Å². The van der Waals surface area contributed by atoms with E-state index < -0.39 is 30.0 Å². The molecule has 0 unspecified atom stereocenters. The molecule has 192 valence electrons. The van der Waals surface area contributed by atoms with Crippen molar-refractivity contribution in [2.24, 2.45) is 11.6 Å². The molecule has 36 heavy (non-hydrogen) atoms. The van der Waals surface area contributed by atoms with E-state index in [-0.39, 0.29) is 25.6 Å². The number of hydrogen-bond acceptors (Lipinski definition) is 7. The molecule has 2 amide bonds. The number of primary amides is 1. The number of pyridine rings is 1. The maximum atomic E-state index is 13.3. The predicted molar refractivity (Wildman–Crippen MR) is 140 cm³/mol. The van der Waals surface area contributed by atoms with Gasteiger partial charge in [0.25, 0.3) is 0 Å². The Hall–Kier alpha value is -3.37. The van der Waals surface area contributed by atoms with Crippen molar-refractivity contribution in [3.63, 3.8) is 0 Å². The van der Waals surface area contributed by atoms with E-state index in [2.05, 4.69) is 15.6 Å². The summed E-state index contributed by atoms with van der Waals surface area (Å²) in [6.07, 6.45) is -0.726. The van der Waals surface area contributed by atoms with Crippen LogP contribution in [-0.2, 0) is 22.6 Å². The number of hydrazine groups is 1. The fourth-order valence-electron chi connectivity index (χ4n) is 3.88. The Morgan fingerprint density at radius 3 is 2.42 bits per heavy atom. The van der Waals surface area contributed by atoms with Gasteiger partial charge in [0, 0.05) is 24.5 Å². The number of carbonyl (C=O) groups excluding carboxylic acids is 2. The van der Waals surface area contributed by atoms with Gasteiger partial charge in [-0.1, -0.05) is 54.6 Å². The van der Waals surface area contributed by atoms with Gasteiger partial charge in [-0.25, -0.2) is 5.01 Å². The van der Waals surface area contributed by atoms with Gasteiger partial charge in [0.1, 0.15) is 0 Å². The first-order chi connectivity index (χ1) is 17.2. The van der Waals surface area contributed by atoms with E-state index in [0.29, 0.717) is 6.42 Å². The second-order valence-electron chi connectivity index (χ2n) is 9.26. The molecule has 0 bridgehead atoms. The fraction of sp³-hybridized carbons (Fsp3) is 0.370. The minimum absolute atomic E-state index is 0.0199. The van der Waals surface area contributed by atoms with Crippen LogP contribution in [0.25, 0.3) is 10.9 Å². The number of aliphatic hydroxyl groups excluding tert-OH is 1. The van der Waals surface area contributed by atoms with E-state index in [1.54, 1.807) is 0 Å². The lowest BCUT2D eigenvalue weighted by Crippen LogP contribution is -2.56. The zero-order valence-corrected chi connectivity index (χ0v) is 20.8. The average Bonchev–Trinajstić information content (AvgIpc) is 2.86. The van der Waals surface area contributed by atoms with Crippen molar-refractivity contribution in [2.75, 3.05) is 6.54 Å². The molecule has 0 saturated carbocycles. The van der Waals surface area contributed by atoms with Crippen molar-refractivity contribution in [2.45, 2.75) is 57.5 Å². The molecule has 1 heterocycles. The van der Waals surface area contributed by atoms with Crippen molar-refractivity contribution in [3.8, 4) is 0 Å². The molecule has 1 aromatic heterocycles. The summed E-state index contributed by atoms with van der Waals surface area (Å²) in [7, 11) is 0. The first kappa shape index (κ1) is 27.2. The number of nitrogens with two attached hydrogens (primary N) is 2. The Morgan fingerprint density at radius 1 is 1.03 bits per heavy atom. The third kappa shape index (κ3) is 8.10. The molecule has 0 aliphatic carbocycles. The molecule has 0 aliphatic rings. The van der Waals surface area contributed by atoms with Gasteiger partial charge in [-0.15, -0.1) is 0 Å². The summed E-state index contributed by atoms with van der Waals surface area (Å²) >= 11 is 0. The van der Waals surface area contributed by atoms with Gasteiger partial charge >= 0.3 is 0 Å². The van der Waals surface area contributed by atoms with E-state index in [1.807, 2.05) is 80.6 Å². The zero-order valence-electron chi connectivity index (χ0n) is 20.8. The van der Waals surface area contributed by atoms with Gasteiger partial charge < -0.3 is 16.2 Å². The summed E-state index contributed by atoms with van der Waals surface area (Å²) in [5.41, 5.74) is 7.97. The van der Waals surface area contributed by atoms with Crippen LogP contribution >= 0.6 is 0 Å². The second kappa shape index (κ2) is 13.1. The van der Waals surface area contributed by atoms with Crippen LogP contribution in [0.3, 0.4) is 0 Å². The molecule has 9 heteroatoms. The molecule has 0 saturated heterocycles. The standard InChI is InChI=1S/C27H36N6O3/c1-18(2)33(29)17-25(34)23(14-19-8-4-3-5-9-19)32-27(36)24(15-26(28)35)30-16-21-13-12-20-10-6-7-11-22(20)31-21/h3-13,18,23-25,30,34H,14-17,29H2,1-2H3,(H2,28,35)(H,32,36)/t23-,24-,25+/m0/s1. The number of amides is 2. The molecule has 3 aromatic rings. The number of nitrogens with zero attached hydrogens (tertiary/aromatic N) is 2. The quantitative estimate of drug-likeness (QED) is 0.178. The lowest BCUT2D eigenvalue weighted by molar-refractivity contribution is -0.128. The van der Waals surface area contributed by atoms with Crippen LogP contribution in [0, 0.1) is 0 Å². The molecule has 0 spiro atoms. The number of fused-ring (bicyclic) bond motifs is 1. The number of aromatic nitrogens is 1.